The molecule has 9 heteroatoms. The van der Waals surface area contributed by atoms with Crippen molar-refractivity contribution in [3.8, 4) is 0 Å². The molecule has 0 bridgehead atoms. The second-order valence-electron chi connectivity index (χ2n) is 3.72. The summed E-state index contributed by atoms with van der Waals surface area (Å²) in [6.45, 7) is -0.455. The maximum absolute atomic E-state index is 14.0. The summed E-state index contributed by atoms with van der Waals surface area (Å²) in [4.78, 5) is 6.60. The van der Waals surface area contributed by atoms with Gasteiger partial charge in [-0.15, -0.1) is 0 Å². The minimum atomic E-state index is -4.27. The molecule has 1 aromatic heterocycles. The van der Waals surface area contributed by atoms with E-state index in [2.05, 4.69) is 9.97 Å². The Kier molecular flexibility index (Phi) is 3.91. The Morgan fingerprint density at radius 3 is 2.45 bits per heavy atom. The fraction of sp³-hybridized carbons (Fsp3) is 0.0909. The smallest absolute Gasteiger partial charge is 0.267 e. The summed E-state index contributed by atoms with van der Waals surface area (Å²) in [7, 11) is -4.27. The van der Waals surface area contributed by atoms with E-state index in [-0.39, 0.29) is 5.95 Å². The Hall–Kier alpha value is -2.13. The zero-order valence-corrected chi connectivity index (χ0v) is 10.9. The first-order chi connectivity index (χ1) is 9.45. The van der Waals surface area contributed by atoms with Crippen LogP contribution in [-0.4, -0.2) is 18.4 Å². The summed E-state index contributed by atoms with van der Waals surface area (Å²) < 4.78 is 53.2. The maximum atomic E-state index is 14.0. The summed E-state index contributed by atoms with van der Waals surface area (Å²) in [6.07, 6.45) is 2.63. The molecule has 2 rings (SSSR count). The number of benzene rings is 1. The van der Waals surface area contributed by atoms with Crippen LogP contribution in [0.5, 0.6) is 0 Å². The minimum Gasteiger partial charge on any atom is -0.326 e. The predicted molar refractivity (Wildman–Crippen MR) is 67.1 cm³/mol. The number of nitrogens with zero attached hydrogens (tertiary/aromatic N) is 2. The molecule has 0 aliphatic rings. The van der Waals surface area contributed by atoms with E-state index in [1.54, 1.807) is 0 Å². The Morgan fingerprint density at radius 2 is 1.85 bits per heavy atom. The van der Waals surface area contributed by atoms with Crippen molar-refractivity contribution in [2.24, 2.45) is 5.73 Å². The molecule has 2 aromatic rings. The highest BCUT2D eigenvalue weighted by Crippen LogP contribution is 2.22. The van der Waals surface area contributed by atoms with Crippen LogP contribution in [0.4, 0.5) is 14.7 Å². The lowest BCUT2D eigenvalue weighted by Crippen LogP contribution is -2.18. The van der Waals surface area contributed by atoms with Crippen LogP contribution in [0.2, 0.25) is 0 Å². The van der Waals surface area contributed by atoms with Gasteiger partial charge in [0.25, 0.3) is 10.0 Å². The van der Waals surface area contributed by atoms with Gasteiger partial charge in [0.2, 0.25) is 5.95 Å². The molecule has 0 atom stereocenters. The van der Waals surface area contributed by atoms with Crippen molar-refractivity contribution < 1.29 is 17.2 Å². The molecule has 0 radical (unpaired) electrons. The van der Waals surface area contributed by atoms with Crippen LogP contribution in [-0.2, 0) is 16.6 Å². The molecule has 3 N–H and O–H groups in total. The molecule has 0 fully saturated rings. The highest BCUT2D eigenvalue weighted by molar-refractivity contribution is 7.92. The van der Waals surface area contributed by atoms with E-state index in [1.165, 1.54) is 18.5 Å². The first kappa shape index (κ1) is 14.3. The fourth-order valence-electron chi connectivity index (χ4n) is 1.50. The summed E-state index contributed by atoms with van der Waals surface area (Å²) >= 11 is 0. The van der Waals surface area contributed by atoms with Gasteiger partial charge < -0.3 is 5.73 Å². The summed E-state index contributed by atoms with van der Waals surface area (Å²) in [6, 6.07) is 3.14. The Balaban J connectivity index is 2.45. The summed E-state index contributed by atoms with van der Waals surface area (Å²) in [5, 5.41) is 0. The molecule has 0 aliphatic heterocycles. The molecular formula is C11H10F2N4O2S. The molecule has 1 aromatic carbocycles. The third kappa shape index (κ3) is 2.73. The average molecular weight is 300 g/mol. The number of nitrogens with two attached hydrogens (primary N) is 1. The van der Waals surface area contributed by atoms with E-state index in [4.69, 9.17) is 5.73 Å². The van der Waals surface area contributed by atoms with Crippen molar-refractivity contribution in [1.82, 2.24) is 9.97 Å². The molecule has 0 amide bonds. The maximum Gasteiger partial charge on any atom is 0.267 e. The van der Waals surface area contributed by atoms with Gasteiger partial charge in [-0.25, -0.2) is 31.9 Å². The lowest BCUT2D eigenvalue weighted by Gasteiger charge is -2.10. The highest BCUT2D eigenvalue weighted by atomic mass is 32.2. The van der Waals surface area contributed by atoms with E-state index in [9.17, 15) is 17.2 Å². The largest absolute Gasteiger partial charge is 0.326 e. The van der Waals surface area contributed by atoms with Crippen molar-refractivity contribution in [2.45, 2.75) is 11.4 Å². The van der Waals surface area contributed by atoms with Crippen LogP contribution in [0, 0.1) is 11.6 Å². The van der Waals surface area contributed by atoms with E-state index in [1.807, 2.05) is 4.72 Å². The Morgan fingerprint density at radius 1 is 1.20 bits per heavy atom. The van der Waals surface area contributed by atoms with Crippen LogP contribution in [0.1, 0.15) is 5.56 Å². The van der Waals surface area contributed by atoms with Crippen molar-refractivity contribution in [3.63, 3.8) is 0 Å². The topological polar surface area (TPSA) is 98.0 Å². The van der Waals surface area contributed by atoms with Crippen LogP contribution >= 0.6 is 0 Å². The van der Waals surface area contributed by atoms with Crippen molar-refractivity contribution in [3.05, 3.63) is 47.8 Å². The highest BCUT2D eigenvalue weighted by Gasteiger charge is 2.23. The lowest BCUT2D eigenvalue weighted by molar-refractivity contribution is 0.530. The molecule has 1 heterocycles. The van der Waals surface area contributed by atoms with Gasteiger partial charge in [-0.2, -0.15) is 0 Å². The summed E-state index contributed by atoms with van der Waals surface area (Å²) in [5.41, 5.74) is 4.70. The molecule has 0 spiro atoms. The number of anilines is 1. The molecule has 0 unspecified atom stereocenters. The van der Waals surface area contributed by atoms with Crippen molar-refractivity contribution >= 4 is 16.0 Å². The van der Waals surface area contributed by atoms with Crippen molar-refractivity contribution in [1.29, 1.82) is 0 Å². The second kappa shape index (κ2) is 5.47. The fourth-order valence-corrected chi connectivity index (χ4v) is 2.56. The third-order valence-corrected chi connectivity index (χ3v) is 3.78. The van der Waals surface area contributed by atoms with Gasteiger partial charge >= 0.3 is 0 Å². The zero-order valence-electron chi connectivity index (χ0n) is 10.0. The normalized spacial score (nSPS) is 11.3. The number of halogens is 2. The number of aromatic nitrogens is 2. The summed E-state index contributed by atoms with van der Waals surface area (Å²) in [5.74, 6) is -2.35. The molecule has 6 nitrogen and oxygen atoms in total. The quantitative estimate of drug-likeness (QED) is 0.878. The van der Waals surface area contributed by atoms with E-state index >= 15 is 0 Å². The first-order valence-electron chi connectivity index (χ1n) is 5.42. The lowest BCUT2D eigenvalue weighted by atomic mass is 10.2. The number of hydrogen-bond donors (Lipinski definition) is 2. The number of rotatable bonds is 4. The van der Waals surface area contributed by atoms with Gasteiger partial charge in [-0.3, -0.25) is 0 Å². The van der Waals surface area contributed by atoms with Crippen LogP contribution < -0.4 is 10.5 Å². The monoisotopic (exact) mass is 300 g/mol. The molecular weight excluding hydrogens is 290 g/mol. The van der Waals surface area contributed by atoms with E-state index in [0.29, 0.717) is 0 Å². The van der Waals surface area contributed by atoms with Crippen LogP contribution in [0.15, 0.2) is 35.5 Å². The average Bonchev–Trinajstić information content (AvgIpc) is 2.39. The second-order valence-corrected chi connectivity index (χ2v) is 5.37. The molecule has 0 aliphatic carbocycles. The van der Waals surface area contributed by atoms with Gasteiger partial charge in [0, 0.05) is 24.5 Å². The molecule has 106 valence electrons. The van der Waals surface area contributed by atoms with Gasteiger partial charge in [0.1, 0.15) is 10.7 Å². The van der Waals surface area contributed by atoms with Gasteiger partial charge in [-0.05, 0) is 18.2 Å². The first-order valence-corrected chi connectivity index (χ1v) is 6.91. The van der Waals surface area contributed by atoms with Crippen LogP contribution in [0.3, 0.4) is 0 Å². The number of nitrogens with one attached hydrogen (secondary N) is 1. The SMILES string of the molecule is NCc1c(F)ccc(S(=O)(=O)Nc2ncccn2)c1F. The van der Waals surface area contributed by atoms with Crippen LogP contribution in [0.25, 0.3) is 0 Å². The predicted octanol–water partition coefficient (Wildman–Crippen LogP) is 1.01. The third-order valence-electron chi connectivity index (χ3n) is 2.44. The standard InChI is InChI=1S/C11H10F2N4O2S/c12-8-2-3-9(10(13)7(8)6-14)20(18,19)17-11-15-4-1-5-16-11/h1-5H,6,14H2,(H,15,16,17). The molecule has 0 saturated carbocycles. The van der Waals surface area contributed by atoms with E-state index < -0.39 is 38.7 Å². The van der Waals surface area contributed by atoms with Crippen molar-refractivity contribution in [2.75, 3.05) is 4.72 Å². The van der Waals surface area contributed by atoms with Gasteiger partial charge in [-0.1, -0.05) is 0 Å². The molecule has 20 heavy (non-hydrogen) atoms. The van der Waals surface area contributed by atoms with Gasteiger partial charge in [0.05, 0.1) is 0 Å². The Labute approximate surface area is 113 Å². The van der Waals surface area contributed by atoms with E-state index in [0.717, 1.165) is 12.1 Å². The van der Waals surface area contributed by atoms with Gasteiger partial charge in [0.15, 0.2) is 5.82 Å². The zero-order chi connectivity index (χ0) is 14.8. The number of sulfonamides is 1. The molecule has 0 saturated heterocycles. The minimum absolute atomic E-state index is 0.217. The Bertz CT molecular complexity index is 723. The number of hydrogen-bond acceptors (Lipinski definition) is 5.